The van der Waals surface area contributed by atoms with Crippen molar-refractivity contribution >= 4 is 11.5 Å². The van der Waals surface area contributed by atoms with Gasteiger partial charge in [-0.1, -0.05) is 12.8 Å². The van der Waals surface area contributed by atoms with Gasteiger partial charge < -0.3 is 10.1 Å². The highest BCUT2D eigenvalue weighted by molar-refractivity contribution is 5.53. The molecule has 2 rings (SSSR count). The maximum absolute atomic E-state index is 5.59. The molecule has 5 nitrogen and oxygen atoms in total. The first-order chi connectivity index (χ1) is 8.74. The van der Waals surface area contributed by atoms with Crippen LogP contribution in [0.15, 0.2) is 18.6 Å². The molecule has 0 aliphatic rings. The van der Waals surface area contributed by atoms with Crippen LogP contribution in [0.4, 0.5) is 5.82 Å². The average molecular weight is 244 g/mol. The van der Waals surface area contributed by atoms with Gasteiger partial charge in [0.2, 0.25) is 5.65 Å². The smallest absolute Gasteiger partial charge is 0.261 e. The topological polar surface area (TPSA) is 51.5 Å². The zero-order valence-electron chi connectivity index (χ0n) is 10.6. The molecular formula is C13H16N4O. The summed E-state index contributed by atoms with van der Waals surface area (Å²) in [4.78, 5) is 8.59. The van der Waals surface area contributed by atoms with Gasteiger partial charge in [-0.2, -0.15) is 4.98 Å². The third-order valence-corrected chi connectivity index (χ3v) is 2.42. The summed E-state index contributed by atoms with van der Waals surface area (Å²) in [5.74, 6) is 3.72. The van der Waals surface area contributed by atoms with Gasteiger partial charge in [0.25, 0.3) is 5.88 Å². The van der Waals surface area contributed by atoms with Gasteiger partial charge in [0.1, 0.15) is 5.82 Å². The molecule has 0 bridgehead atoms. The molecule has 0 fully saturated rings. The SMILES string of the molecule is C#CC(C)Oc1nc(NCCC)cn2ccnc12. The van der Waals surface area contributed by atoms with Crippen LogP contribution in [0.1, 0.15) is 20.3 Å². The predicted molar refractivity (Wildman–Crippen MR) is 70.7 cm³/mol. The molecule has 0 saturated heterocycles. The third-order valence-electron chi connectivity index (χ3n) is 2.42. The first-order valence-corrected chi connectivity index (χ1v) is 5.95. The van der Waals surface area contributed by atoms with E-state index in [0.717, 1.165) is 18.8 Å². The van der Waals surface area contributed by atoms with E-state index in [4.69, 9.17) is 11.2 Å². The largest absolute Gasteiger partial charge is 0.459 e. The number of anilines is 1. The molecule has 0 spiro atoms. The van der Waals surface area contributed by atoms with Gasteiger partial charge in [-0.3, -0.25) is 4.40 Å². The summed E-state index contributed by atoms with van der Waals surface area (Å²) >= 11 is 0. The molecule has 0 amide bonds. The Morgan fingerprint density at radius 3 is 3.17 bits per heavy atom. The second-order valence-electron chi connectivity index (χ2n) is 3.94. The van der Waals surface area contributed by atoms with E-state index in [1.54, 1.807) is 13.1 Å². The molecular weight excluding hydrogens is 228 g/mol. The summed E-state index contributed by atoms with van der Waals surface area (Å²) in [6.07, 6.45) is 11.4. The summed E-state index contributed by atoms with van der Waals surface area (Å²) in [5, 5.41) is 3.22. The van der Waals surface area contributed by atoms with Crippen molar-refractivity contribution < 1.29 is 4.74 Å². The number of aromatic nitrogens is 3. The van der Waals surface area contributed by atoms with Crippen LogP contribution >= 0.6 is 0 Å². The highest BCUT2D eigenvalue weighted by Gasteiger charge is 2.10. The van der Waals surface area contributed by atoms with Crippen LogP contribution in [-0.4, -0.2) is 27.0 Å². The van der Waals surface area contributed by atoms with Crippen LogP contribution in [0.3, 0.4) is 0 Å². The van der Waals surface area contributed by atoms with E-state index in [-0.39, 0.29) is 6.10 Å². The molecule has 0 aliphatic heterocycles. The molecule has 1 atom stereocenters. The normalized spacial score (nSPS) is 12.1. The summed E-state index contributed by atoms with van der Waals surface area (Å²) in [6, 6.07) is 0. The lowest BCUT2D eigenvalue weighted by Gasteiger charge is -2.11. The van der Waals surface area contributed by atoms with E-state index >= 15 is 0 Å². The van der Waals surface area contributed by atoms with Gasteiger partial charge in [-0.05, 0) is 13.3 Å². The van der Waals surface area contributed by atoms with Crippen LogP contribution in [0, 0.1) is 12.3 Å². The van der Waals surface area contributed by atoms with Gasteiger partial charge >= 0.3 is 0 Å². The second-order valence-corrected chi connectivity index (χ2v) is 3.94. The second kappa shape index (κ2) is 5.41. The van der Waals surface area contributed by atoms with Crippen molar-refractivity contribution in [2.24, 2.45) is 0 Å². The van der Waals surface area contributed by atoms with Crippen LogP contribution < -0.4 is 10.1 Å². The fourth-order valence-electron chi connectivity index (χ4n) is 1.52. The van der Waals surface area contributed by atoms with E-state index < -0.39 is 0 Å². The minimum Gasteiger partial charge on any atom is -0.459 e. The first-order valence-electron chi connectivity index (χ1n) is 5.95. The number of hydrogen-bond acceptors (Lipinski definition) is 4. The molecule has 2 aromatic heterocycles. The molecule has 0 radical (unpaired) electrons. The van der Waals surface area contributed by atoms with Crippen molar-refractivity contribution in [3.05, 3.63) is 18.6 Å². The van der Waals surface area contributed by atoms with Crippen molar-refractivity contribution in [2.45, 2.75) is 26.4 Å². The van der Waals surface area contributed by atoms with Crippen molar-refractivity contribution in [1.29, 1.82) is 0 Å². The fourth-order valence-corrected chi connectivity index (χ4v) is 1.52. The average Bonchev–Trinajstić information content (AvgIpc) is 2.84. The van der Waals surface area contributed by atoms with Crippen LogP contribution in [0.2, 0.25) is 0 Å². The first kappa shape index (κ1) is 12.2. The zero-order valence-corrected chi connectivity index (χ0v) is 10.6. The van der Waals surface area contributed by atoms with Gasteiger partial charge in [0.15, 0.2) is 6.10 Å². The Morgan fingerprint density at radius 2 is 2.44 bits per heavy atom. The maximum atomic E-state index is 5.59. The number of rotatable bonds is 5. The molecule has 0 saturated carbocycles. The van der Waals surface area contributed by atoms with Gasteiger partial charge in [0.05, 0.1) is 6.20 Å². The summed E-state index contributed by atoms with van der Waals surface area (Å²) < 4.78 is 7.45. The lowest BCUT2D eigenvalue weighted by molar-refractivity contribution is 0.270. The molecule has 5 heteroatoms. The predicted octanol–water partition coefficient (Wildman–Crippen LogP) is 1.95. The molecule has 2 aromatic rings. The van der Waals surface area contributed by atoms with Crippen molar-refractivity contribution in [3.63, 3.8) is 0 Å². The lowest BCUT2D eigenvalue weighted by Crippen LogP contribution is -2.12. The Hall–Kier alpha value is -2.22. The Labute approximate surface area is 106 Å². The molecule has 2 heterocycles. The van der Waals surface area contributed by atoms with Gasteiger partial charge in [-0.15, -0.1) is 6.42 Å². The standard InChI is InChI=1S/C13H16N4O/c1-4-6-14-11-9-17-8-7-15-12(17)13(16-11)18-10(3)5-2/h2,7-10,14H,4,6H2,1,3H3. The van der Waals surface area contributed by atoms with Crippen LogP contribution in [0.25, 0.3) is 5.65 Å². The number of nitrogens with zero attached hydrogens (tertiary/aromatic N) is 3. The lowest BCUT2D eigenvalue weighted by atomic mass is 10.4. The van der Waals surface area contributed by atoms with Gasteiger partial charge in [-0.25, -0.2) is 4.98 Å². The van der Waals surface area contributed by atoms with E-state index in [2.05, 4.69) is 28.1 Å². The summed E-state index contributed by atoms with van der Waals surface area (Å²) in [7, 11) is 0. The molecule has 0 aromatic carbocycles. The number of ether oxygens (including phenoxy) is 1. The van der Waals surface area contributed by atoms with E-state index in [9.17, 15) is 0 Å². The molecule has 0 aliphatic carbocycles. The fraction of sp³-hybridized carbons (Fsp3) is 0.385. The number of imidazole rings is 1. The molecule has 1 N–H and O–H groups in total. The highest BCUT2D eigenvalue weighted by atomic mass is 16.5. The summed E-state index contributed by atoms with van der Waals surface area (Å²) in [5.41, 5.74) is 0.666. The van der Waals surface area contributed by atoms with E-state index in [1.165, 1.54) is 0 Å². The summed E-state index contributed by atoms with van der Waals surface area (Å²) in [6.45, 7) is 4.76. The molecule has 1 unspecified atom stereocenters. The van der Waals surface area contributed by atoms with Crippen molar-refractivity contribution in [1.82, 2.24) is 14.4 Å². The quantitative estimate of drug-likeness (QED) is 0.817. The van der Waals surface area contributed by atoms with Crippen LogP contribution in [-0.2, 0) is 0 Å². The Kier molecular flexibility index (Phi) is 3.68. The minimum absolute atomic E-state index is 0.334. The Bertz CT molecular complexity index is 570. The van der Waals surface area contributed by atoms with E-state index in [0.29, 0.717) is 11.5 Å². The van der Waals surface area contributed by atoms with Crippen LogP contribution in [0.5, 0.6) is 5.88 Å². The number of terminal acetylenes is 1. The van der Waals surface area contributed by atoms with E-state index in [1.807, 2.05) is 16.8 Å². The Balaban J connectivity index is 2.35. The van der Waals surface area contributed by atoms with Gasteiger partial charge in [0, 0.05) is 18.9 Å². The monoisotopic (exact) mass is 244 g/mol. The zero-order chi connectivity index (χ0) is 13.0. The van der Waals surface area contributed by atoms with Crippen molar-refractivity contribution in [3.8, 4) is 18.2 Å². The third kappa shape index (κ3) is 2.54. The number of fused-ring (bicyclic) bond motifs is 1. The number of hydrogen-bond donors (Lipinski definition) is 1. The molecule has 18 heavy (non-hydrogen) atoms. The molecule has 94 valence electrons. The maximum Gasteiger partial charge on any atom is 0.261 e. The van der Waals surface area contributed by atoms with Crippen molar-refractivity contribution in [2.75, 3.05) is 11.9 Å². The Morgan fingerprint density at radius 1 is 1.61 bits per heavy atom. The highest BCUT2D eigenvalue weighted by Crippen LogP contribution is 2.19. The number of nitrogens with one attached hydrogen (secondary N) is 1. The minimum atomic E-state index is -0.334.